The van der Waals surface area contributed by atoms with Crippen LogP contribution in [0.5, 0.6) is 0 Å². The summed E-state index contributed by atoms with van der Waals surface area (Å²) in [7, 11) is 0. The van der Waals surface area contributed by atoms with Crippen LogP contribution in [0.3, 0.4) is 0 Å². The molecule has 4 heteroatoms. The van der Waals surface area contributed by atoms with E-state index in [1.165, 1.54) is 41.5 Å². The minimum atomic E-state index is 0.756. The van der Waals surface area contributed by atoms with Gasteiger partial charge < -0.3 is 5.32 Å². The molecule has 0 spiro atoms. The van der Waals surface area contributed by atoms with E-state index in [0.717, 1.165) is 31.2 Å². The highest BCUT2D eigenvalue weighted by Crippen LogP contribution is 2.36. The molecule has 2 fully saturated rings. The van der Waals surface area contributed by atoms with Gasteiger partial charge in [0.2, 0.25) is 0 Å². The van der Waals surface area contributed by atoms with Crippen LogP contribution in [0.25, 0.3) is 0 Å². The summed E-state index contributed by atoms with van der Waals surface area (Å²) in [5, 5.41) is 5.87. The molecule has 2 nitrogen and oxygen atoms in total. The van der Waals surface area contributed by atoms with Gasteiger partial charge in [0.05, 0.1) is 0 Å². The summed E-state index contributed by atoms with van der Waals surface area (Å²) in [5.74, 6) is 0. The summed E-state index contributed by atoms with van der Waals surface area (Å²) in [4.78, 5) is 4.29. The van der Waals surface area contributed by atoms with Crippen LogP contribution in [0.4, 0.5) is 0 Å². The Labute approximate surface area is 128 Å². The van der Waals surface area contributed by atoms with Crippen LogP contribution in [0.1, 0.15) is 43.9 Å². The lowest BCUT2D eigenvalue weighted by atomic mass is 9.81. The number of thiophene rings is 1. The van der Waals surface area contributed by atoms with E-state index in [1.54, 1.807) is 0 Å². The fourth-order valence-corrected chi connectivity index (χ4v) is 5.27. The normalized spacial score (nSPS) is 31.6. The Morgan fingerprint density at radius 1 is 1.37 bits per heavy atom. The van der Waals surface area contributed by atoms with E-state index in [0.29, 0.717) is 0 Å². The maximum Gasteiger partial charge on any atom is 0.0334 e. The zero-order valence-electron chi connectivity index (χ0n) is 11.6. The number of piperidine rings is 2. The Morgan fingerprint density at radius 3 is 2.68 bits per heavy atom. The summed E-state index contributed by atoms with van der Waals surface area (Å²) < 4.78 is 1.24. The van der Waals surface area contributed by atoms with E-state index in [9.17, 15) is 0 Å². The Hall–Kier alpha value is 0.1000. The number of hydrogen-bond acceptors (Lipinski definition) is 3. The quantitative estimate of drug-likeness (QED) is 0.889. The van der Waals surface area contributed by atoms with Crippen LogP contribution < -0.4 is 5.32 Å². The first kappa shape index (κ1) is 14.1. The highest BCUT2D eigenvalue weighted by atomic mass is 79.9. The molecule has 3 rings (SSSR count). The second-order valence-electron chi connectivity index (χ2n) is 5.87. The Bertz CT molecular complexity index is 406. The number of nitrogens with zero attached hydrogens (tertiary/aromatic N) is 1. The molecule has 2 bridgehead atoms. The van der Waals surface area contributed by atoms with Gasteiger partial charge in [-0.15, -0.1) is 11.3 Å². The maximum atomic E-state index is 3.67. The topological polar surface area (TPSA) is 15.3 Å². The third-order valence-electron chi connectivity index (χ3n) is 4.58. The second kappa shape index (κ2) is 6.25. The molecule has 106 valence electrons. The average Bonchev–Trinajstić information content (AvgIpc) is 2.76. The average molecular weight is 343 g/mol. The Morgan fingerprint density at radius 2 is 2.11 bits per heavy atom. The van der Waals surface area contributed by atoms with E-state index in [4.69, 9.17) is 0 Å². The van der Waals surface area contributed by atoms with Crippen molar-refractivity contribution in [2.75, 3.05) is 6.54 Å². The summed E-state index contributed by atoms with van der Waals surface area (Å²) in [6, 6.07) is 4.65. The van der Waals surface area contributed by atoms with Crippen molar-refractivity contribution in [1.29, 1.82) is 0 Å². The van der Waals surface area contributed by atoms with E-state index in [1.807, 2.05) is 11.3 Å². The van der Waals surface area contributed by atoms with Crippen molar-refractivity contribution in [2.45, 2.75) is 63.7 Å². The number of fused-ring (bicyclic) bond motifs is 2. The summed E-state index contributed by atoms with van der Waals surface area (Å²) in [5.41, 5.74) is 0. The molecule has 19 heavy (non-hydrogen) atoms. The van der Waals surface area contributed by atoms with Crippen molar-refractivity contribution in [3.05, 3.63) is 20.8 Å². The zero-order chi connectivity index (χ0) is 13.2. The molecular formula is C15H23BrN2S. The van der Waals surface area contributed by atoms with Gasteiger partial charge in [0.15, 0.2) is 0 Å². The molecule has 2 unspecified atom stereocenters. The SMILES string of the molecule is CCNC1CC2CCCC(C1)N2Cc1cc(Br)cs1. The molecule has 2 aliphatic rings. The minimum absolute atomic E-state index is 0.756. The monoisotopic (exact) mass is 342 g/mol. The van der Waals surface area contributed by atoms with Crippen LogP contribution in [0.15, 0.2) is 15.9 Å². The van der Waals surface area contributed by atoms with Crippen molar-refractivity contribution in [3.8, 4) is 0 Å². The first-order valence-electron chi connectivity index (χ1n) is 7.48. The third kappa shape index (κ3) is 3.23. The highest BCUT2D eigenvalue weighted by molar-refractivity contribution is 9.10. The van der Waals surface area contributed by atoms with Crippen molar-refractivity contribution in [1.82, 2.24) is 10.2 Å². The van der Waals surface area contributed by atoms with E-state index in [2.05, 4.69) is 44.5 Å². The molecule has 3 heterocycles. The predicted octanol–water partition coefficient (Wildman–Crippen LogP) is 4.01. The third-order valence-corrected chi connectivity index (χ3v) is 6.26. The number of rotatable bonds is 4. The highest BCUT2D eigenvalue weighted by Gasteiger charge is 2.37. The Balaban J connectivity index is 1.68. The molecule has 0 saturated carbocycles. The second-order valence-corrected chi connectivity index (χ2v) is 7.78. The lowest BCUT2D eigenvalue weighted by Gasteiger charge is -2.49. The van der Waals surface area contributed by atoms with E-state index >= 15 is 0 Å². The van der Waals surface area contributed by atoms with Crippen molar-refractivity contribution < 1.29 is 0 Å². The minimum Gasteiger partial charge on any atom is -0.314 e. The molecule has 1 aromatic heterocycles. The van der Waals surface area contributed by atoms with Crippen LogP contribution in [0.2, 0.25) is 0 Å². The summed E-state index contributed by atoms with van der Waals surface area (Å²) >= 11 is 5.46. The molecule has 0 amide bonds. The lowest BCUT2D eigenvalue weighted by molar-refractivity contribution is 0.0188. The number of hydrogen-bond donors (Lipinski definition) is 1. The lowest BCUT2D eigenvalue weighted by Crippen LogP contribution is -2.55. The molecule has 2 atom stereocenters. The number of nitrogens with one attached hydrogen (secondary N) is 1. The van der Waals surface area contributed by atoms with Gasteiger partial charge in [0, 0.05) is 39.4 Å². The van der Waals surface area contributed by atoms with E-state index < -0.39 is 0 Å². The van der Waals surface area contributed by atoms with E-state index in [-0.39, 0.29) is 0 Å². The fraction of sp³-hybridized carbons (Fsp3) is 0.733. The molecule has 0 aromatic carbocycles. The molecule has 0 aliphatic carbocycles. The number of halogens is 1. The predicted molar refractivity (Wildman–Crippen MR) is 85.7 cm³/mol. The van der Waals surface area contributed by atoms with Gasteiger partial charge in [0.25, 0.3) is 0 Å². The van der Waals surface area contributed by atoms with Gasteiger partial charge in [-0.3, -0.25) is 4.90 Å². The van der Waals surface area contributed by atoms with Gasteiger partial charge in [-0.05, 0) is 54.2 Å². The van der Waals surface area contributed by atoms with Crippen molar-refractivity contribution >= 4 is 27.3 Å². The first-order chi connectivity index (χ1) is 9.26. The van der Waals surface area contributed by atoms with Crippen LogP contribution in [-0.2, 0) is 6.54 Å². The van der Waals surface area contributed by atoms with Gasteiger partial charge in [-0.2, -0.15) is 0 Å². The van der Waals surface area contributed by atoms with Crippen LogP contribution in [-0.4, -0.2) is 29.6 Å². The molecule has 2 aliphatic heterocycles. The Kier molecular flexibility index (Phi) is 4.62. The van der Waals surface area contributed by atoms with Crippen molar-refractivity contribution in [2.24, 2.45) is 0 Å². The largest absolute Gasteiger partial charge is 0.314 e. The molecule has 0 radical (unpaired) electrons. The van der Waals surface area contributed by atoms with Gasteiger partial charge >= 0.3 is 0 Å². The summed E-state index contributed by atoms with van der Waals surface area (Å²) in [6.45, 7) is 4.50. The molecule has 1 N–H and O–H groups in total. The molecule has 1 aromatic rings. The molecule has 2 saturated heterocycles. The maximum absolute atomic E-state index is 3.67. The van der Waals surface area contributed by atoms with Crippen LogP contribution >= 0.6 is 27.3 Å². The van der Waals surface area contributed by atoms with Gasteiger partial charge in [0.1, 0.15) is 0 Å². The van der Waals surface area contributed by atoms with Crippen LogP contribution in [0, 0.1) is 0 Å². The zero-order valence-corrected chi connectivity index (χ0v) is 14.0. The standard InChI is InChI=1S/C15H23BrN2S/c1-2-17-12-7-13-4-3-5-14(8-12)18(13)9-15-6-11(16)10-19-15/h6,10,12-14,17H,2-5,7-9H2,1H3. The van der Waals surface area contributed by atoms with Gasteiger partial charge in [-0.25, -0.2) is 0 Å². The van der Waals surface area contributed by atoms with Crippen molar-refractivity contribution in [3.63, 3.8) is 0 Å². The summed E-state index contributed by atoms with van der Waals surface area (Å²) in [6.07, 6.45) is 6.91. The fourth-order valence-electron chi connectivity index (χ4n) is 3.81. The van der Waals surface area contributed by atoms with Gasteiger partial charge in [-0.1, -0.05) is 13.3 Å². The smallest absolute Gasteiger partial charge is 0.0334 e. The molecular weight excluding hydrogens is 320 g/mol. The first-order valence-corrected chi connectivity index (χ1v) is 9.15.